The van der Waals surface area contributed by atoms with Gasteiger partial charge in [0.1, 0.15) is 12.1 Å². The monoisotopic (exact) mass is 342 g/mol. The molecule has 0 radical (unpaired) electrons. The van der Waals surface area contributed by atoms with Gasteiger partial charge in [-0.1, -0.05) is 13.8 Å². The zero-order valence-electron chi connectivity index (χ0n) is 14.6. The van der Waals surface area contributed by atoms with Crippen LogP contribution in [0.25, 0.3) is 0 Å². The largest absolute Gasteiger partial charge is 0.463 e. The van der Waals surface area contributed by atoms with Gasteiger partial charge in [0.15, 0.2) is 0 Å². The SMILES string of the molecule is CCOC(=O)C1=C[C@@H](OC(CC)CC)[C@H](NC(C)=O)/C(=[N+](/[O-])O)C1. The number of nitrogens with one attached hydrogen (secondary N) is 1. The minimum Gasteiger partial charge on any atom is -0.463 e. The van der Waals surface area contributed by atoms with Crippen LogP contribution >= 0.6 is 0 Å². The summed E-state index contributed by atoms with van der Waals surface area (Å²) in [5.41, 5.74) is 0.158. The van der Waals surface area contributed by atoms with Gasteiger partial charge in [-0.3, -0.25) is 10.0 Å². The van der Waals surface area contributed by atoms with Crippen molar-refractivity contribution in [1.82, 2.24) is 5.32 Å². The molecule has 2 N–H and O–H groups in total. The Bertz CT molecular complexity index is 521. The van der Waals surface area contributed by atoms with E-state index in [9.17, 15) is 20.0 Å². The summed E-state index contributed by atoms with van der Waals surface area (Å²) in [6, 6.07) is -0.844. The predicted octanol–water partition coefficient (Wildman–Crippen LogP) is 1.30. The number of carbonyl (C=O) groups is 2. The van der Waals surface area contributed by atoms with E-state index in [0.29, 0.717) is 0 Å². The van der Waals surface area contributed by atoms with Gasteiger partial charge in [-0.05, 0) is 25.8 Å². The van der Waals surface area contributed by atoms with Crippen molar-refractivity contribution < 1.29 is 29.2 Å². The molecule has 8 nitrogen and oxygen atoms in total. The van der Waals surface area contributed by atoms with Crippen LogP contribution in [-0.2, 0) is 19.1 Å². The second kappa shape index (κ2) is 9.27. The number of amides is 1. The van der Waals surface area contributed by atoms with E-state index >= 15 is 0 Å². The van der Waals surface area contributed by atoms with Crippen molar-refractivity contribution >= 4 is 17.6 Å². The Balaban J connectivity index is 3.23. The van der Waals surface area contributed by atoms with Crippen molar-refractivity contribution in [2.24, 2.45) is 0 Å². The predicted molar refractivity (Wildman–Crippen MR) is 86.6 cm³/mol. The molecule has 0 aromatic carbocycles. The first-order valence-corrected chi connectivity index (χ1v) is 8.16. The Morgan fingerprint density at radius 1 is 1.42 bits per heavy atom. The van der Waals surface area contributed by atoms with Crippen LogP contribution in [0.3, 0.4) is 0 Å². The van der Waals surface area contributed by atoms with Crippen molar-refractivity contribution in [2.75, 3.05) is 6.61 Å². The lowest BCUT2D eigenvalue weighted by Gasteiger charge is -2.31. The first kappa shape index (κ1) is 20.0. The molecule has 1 amide bonds. The number of hydrogen-bond acceptors (Lipinski definition) is 6. The fourth-order valence-corrected chi connectivity index (χ4v) is 2.60. The van der Waals surface area contributed by atoms with Gasteiger partial charge in [0.2, 0.25) is 5.91 Å². The highest BCUT2D eigenvalue weighted by molar-refractivity contribution is 6.01. The fraction of sp³-hybridized carbons (Fsp3) is 0.688. The van der Waals surface area contributed by atoms with Crippen molar-refractivity contribution in [3.63, 3.8) is 0 Å². The Morgan fingerprint density at radius 3 is 2.50 bits per heavy atom. The molecule has 0 bridgehead atoms. The van der Waals surface area contributed by atoms with E-state index in [0.717, 1.165) is 12.8 Å². The van der Waals surface area contributed by atoms with Gasteiger partial charge < -0.3 is 20.0 Å². The average Bonchev–Trinajstić information content (AvgIpc) is 2.52. The number of hydrogen-bond donors (Lipinski definition) is 2. The van der Waals surface area contributed by atoms with Crippen LogP contribution < -0.4 is 5.32 Å². The van der Waals surface area contributed by atoms with E-state index in [-0.39, 0.29) is 41.2 Å². The topological polar surface area (TPSA) is 111 Å². The molecule has 0 aromatic rings. The number of carbonyl (C=O) groups excluding carboxylic acids is 2. The summed E-state index contributed by atoms with van der Waals surface area (Å²) in [4.78, 5) is 23.2. The van der Waals surface area contributed by atoms with Crippen LogP contribution in [0.5, 0.6) is 0 Å². The van der Waals surface area contributed by atoms with E-state index in [2.05, 4.69) is 5.32 Å². The molecule has 8 heteroatoms. The van der Waals surface area contributed by atoms with Gasteiger partial charge >= 0.3 is 5.97 Å². The van der Waals surface area contributed by atoms with Gasteiger partial charge in [-0.25, -0.2) is 4.79 Å². The first-order valence-electron chi connectivity index (χ1n) is 8.16. The normalized spacial score (nSPS) is 22.8. The molecule has 1 aliphatic carbocycles. The Kier molecular flexibility index (Phi) is 7.70. The second-order valence-corrected chi connectivity index (χ2v) is 5.57. The Hall–Kier alpha value is -2.09. The van der Waals surface area contributed by atoms with Crippen molar-refractivity contribution in [3.8, 4) is 0 Å². The molecule has 0 aromatic heterocycles. The van der Waals surface area contributed by atoms with E-state index in [1.807, 2.05) is 13.8 Å². The smallest absolute Gasteiger partial charge is 0.334 e. The van der Waals surface area contributed by atoms with Gasteiger partial charge in [-0.15, -0.1) is 0 Å². The summed E-state index contributed by atoms with van der Waals surface area (Å²) in [5, 5.41) is 23.6. The first-order chi connectivity index (χ1) is 11.3. The highest BCUT2D eigenvalue weighted by atomic mass is 16.8. The van der Waals surface area contributed by atoms with Crippen LogP contribution in [0.2, 0.25) is 0 Å². The average molecular weight is 342 g/mol. The molecular weight excluding hydrogens is 316 g/mol. The molecule has 1 rings (SSSR count). The van der Waals surface area contributed by atoms with E-state index in [4.69, 9.17) is 9.47 Å². The Morgan fingerprint density at radius 2 is 2.04 bits per heavy atom. The van der Waals surface area contributed by atoms with Crippen molar-refractivity contribution in [1.29, 1.82) is 0 Å². The maximum absolute atomic E-state index is 12.0. The zero-order chi connectivity index (χ0) is 18.3. The summed E-state index contributed by atoms with van der Waals surface area (Å²) in [6.45, 7) is 7.09. The summed E-state index contributed by atoms with van der Waals surface area (Å²) in [7, 11) is 0. The van der Waals surface area contributed by atoms with E-state index < -0.39 is 18.1 Å². The van der Waals surface area contributed by atoms with Gasteiger partial charge in [0, 0.05) is 17.4 Å². The number of rotatable bonds is 7. The van der Waals surface area contributed by atoms with Gasteiger partial charge in [0.25, 0.3) is 5.71 Å². The second-order valence-electron chi connectivity index (χ2n) is 5.57. The molecule has 2 atom stereocenters. The maximum atomic E-state index is 12.0. The van der Waals surface area contributed by atoms with Crippen molar-refractivity contribution in [3.05, 3.63) is 16.9 Å². The third-order valence-electron chi connectivity index (χ3n) is 3.83. The van der Waals surface area contributed by atoms with E-state index in [1.165, 1.54) is 6.92 Å². The molecule has 0 saturated carbocycles. The molecule has 0 heterocycles. The standard InChI is InChI=1S/C16H26N2O6/c1-5-12(6-2)24-14-9-11(16(20)23-7-3)8-13(18(21)22)15(14)17-10(4)19/h9,12,14-15H,5-8H2,1-4H3,(H,17,19)(H,21,22)/t14-,15-/m1/s1. The number of nitrogens with zero attached hydrogens (tertiary/aromatic N) is 1. The molecule has 136 valence electrons. The molecule has 0 spiro atoms. The van der Waals surface area contributed by atoms with Crippen LogP contribution in [-0.4, -0.2) is 52.6 Å². The molecule has 24 heavy (non-hydrogen) atoms. The number of esters is 1. The minimum atomic E-state index is -0.844. The maximum Gasteiger partial charge on any atom is 0.334 e. The fourth-order valence-electron chi connectivity index (χ4n) is 2.60. The summed E-state index contributed by atoms with van der Waals surface area (Å²) in [5.74, 6) is -0.943. The number of ether oxygens (including phenoxy) is 2. The lowest BCUT2D eigenvalue weighted by molar-refractivity contribution is -0.727. The third-order valence-corrected chi connectivity index (χ3v) is 3.83. The Labute approximate surface area is 141 Å². The molecule has 0 fully saturated rings. The van der Waals surface area contributed by atoms with E-state index in [1.54, 1.807) is 13.0 Å². The van der Waals surface area contributed by atoms with Crippen LogP contribution in [0.4, 0.5) is 0 Å². The minimum absolute atomic E-state index is 0.0632. The molecule has 0 aliphatic heterocycles. The quantitative estimate of drug-likeness (QED) is 0.312. The lowest BCUT2D eigenvalue weighted by atomic mass is 9.90. The molecule has 0 unspecified atom stereocenters. The summed E-state index contributed by atoms with van der Waals surface area (Å²) < 4.78 is 10.9. The van der Waals surface area contributed by atoms with Gasteiger partial charge in [0.05, 0.1) is 19.1 Å². The third kappa shape index (κ3) is 5.23. The molecular formula is C16H26N2O6. The highest BCUT2D eigenvalue weighted by Gasteiger charge is 2.40. The van der Waals surface area contributed by atoms with Crippen molar-refractivity contribution in [2.45, 2.75) is 65.2 Å². The van der Waals surface area contributed by atoms with Crippen LogP contribution in [0, 0.1) is 5.21 Å². The molecule has 0 saturated heterocycles. The highest BCUT2D eigenvalue weighted by Crippen LogP contribution is 2.23. The summed E-state index contributed by atoms with van der Waals surface area (Å²) >= 11 is 0. The van der Waals surface area contributed by atoms with Crippen LogP contribution in [0.1, 0.15) is 47.0 Å². The zero-order valence-corrected chi connectivity index (χ0v) is 14.6. The van der Waals surface area contributed by atoms with Crippen LogP contribution in [0.15, 0.2) is 11.6 Å². The molecule has 1 aliphatic rings. The van der Waals surface area contributed by atoms with Gasteiger partial charge in [-0.2, -0.15) is 0 Å². The summed E-state index contributed by atoms with van der Waals surface area (Å²) in [6.07, 6.45) is 2.06. The lowest BCUT2D eigenvalue weighted by Crippen LogP contribution is -2.53.